The molecule has 3 nitrogen and oxygen atoms in total. The van der Waals surface area contributed by atoms with Crippen molar-refractivity contribution in [2.45, 2.75) is 0 Å². The lowest BCUT2D eigenvalue weighted by Gasteiger charge is -1.95. The van der Waals surface area contributed by atoms with Gasteiger partial charge in [-0.2, -0.15) is 0 Å². The zero-order valence-corrected chi connectivity index (χ0v) is 6.81. The zero-order chi connectivity index (χ0) is 9.26. The molecular weight excluding hydrogens is 164 g/mol. The van der Waals surface area contributed by atoms with Crippen LogP contribution in [0.15, 0.2) is 36.4 Å². The SMILES string of the molecule is N#[N+]c1ccc(O)c2ccccc12. The third kappa shape index (κ3) is 1.09. The first-order chi connectivity index (χ1) is 6.33. The summed E-state index contributed by atoms with van der Waals surface area (Å²) in [6.07, 6.45) is 0. The van der Waals surface area contributed by atoms with Crippen LogP contribution in [0.3, 0.4) is 0 Å². The fourth-order valence-corrected chi connectivity index (χ4v) is 1.35. The van der Waals surface area contributed by atoms with Crippen molar-refractivity contribution in [2.24, 2.45) is 0 Å². The fourth-order valence-electron chi connectivity index (χ4n) is 1.35. The highest BCUT2D eigenvalue weighted by Gasteiger charge is 2.12. The van der Waals surface area contributed by atoms with E-state index in [2.05, 4.69) is 4.98 Å². The van der Waals surface area contributed by atoms with E-state index in [1.807, 2.05) is 12.1 Å². The van der Waals surface area contributed by atoms with Gasteiger partial charge in [0.25, 0.3) is 0 Å². The Kier molecular flexibility index (Phi) is 1.60. The average molecular weight is 171 g/mol. The van der Waals surface area contributed by atoms with E-state index in [0.717, 1.165) is 5.39 Å². The van der Waals surface area contributed by atoms with E-state index < -0.39 is 0 Å². The summed E-state index contributed by atoms with van der Waals surface area (Å²) in [7, 11) is 0. The van der Waals surface area contributed by atoms with Crippen LogP contribution < -0.4 is 0 Å². The van der Waals surface area contributed by atoms with Crippen LogP contribution in [0, 0.1) is 5.39 Å². The second kappa shape index (κ2) is 2.76. The number of hydrogen-bond donors (Lipinski definition) is 1. The molecule has 0 bridgehead atoms. The summed E-state index contributed by atoms with van der Waals surface area (Å²) in [4.78, 5) is 3.13. The van der Waals surface area contributed by atoms with Gasteiger partial charge in [0.15, 0.2) is 4.98 Å². The molecule has 13 heavy (non-hydrogen) atoms. The Balaban J connectivity index is 2.95. The molecule has 3 heteroatoms. The van der Waals surface area contributed by atoms with E-state index in [-0.39, 0.29) is 5.75 Å². The zero-order valence-electron chi connectivity index (χ0n) is 6.81. The molecule has 0 radical (unpaired) electrons. The maximum Gasteiger partial charge on any atom is 0.393 e. The molecule has 0 saturated heterocycles. The highest BCUT2D eigenvalue weighted by atomic mass is 16.3. The molecule has 0 aliphatic heterocycles. The summed E-state index contributed by atoms with van der Waals surface area (Å²) in [5, 5.41) is 19.6. The predicted molar refractivity (Wildman–Crippen MR) is 50.4 cm³/mol. The first-order valence-electron chi connectivity index (χ1n) is 3.89. The molecule has 0 aromatic heterocycles. The summed E-state index contributed by atoms with van der Waals surface area (Å²) >= 11 is 0. The van der Waals surface area contributed by atoms with Crippen molar-refractivity contribution in [3.8, 4) is 5.75 Å². The summed E-state index contributed by atoms with van der Waals surface area (Å²) in [6, 6.07) is 10.3. The van der Waals surface area contributed by atoms with Gasteiger partial charge < -0.3 is 5.11 Å². The molecule has 0 heterocycles. The minimum Gasteiger partial charge on any atom is -0.507 e. The van der Waals surface area contributed by atoms with Gasteiger partial charge in [-0.15, -0.1) is 0 Å². The summed E-state index contributed by atoms with van der Waals surface area (Å²) in [5.74, 6) is 0.197. The van der Waals surface area contributed by atoms with Crippen LogP contribution in [0.5, 0.6) is 5.75 Å². The van der Waals surface area contributed by atoms with E-state index >= 15 is 0 Å². The highest BCUT2D eigenvalue weighted by molar-refractivity contribution is 5.97. The van der Waals surface area contributed by atoms with Crippen LogP contribution in [0.4, 0.5) is 5.69 Å². The summed E-state index contributed by atoms with van der Waals surface area (Å²) in [5.41, 5.74) is 0.466. The van der Waals surface area contributed by atoms with Gasteiger partial charge in [0, 0.05) is 11.5 Å². The predicted octanol–water partition coefficient (Wildman–Crippen LogP) is 3.03. The van der Waals surface area contributed by atoms with Crippen LogP contribution in [0.25, 0.3) is 15.7 Å². The standard InChI is InChI=1S/C10H6N2O/c11-12-9-5-6-10(13)8-4-2-1-3-7(8)9/h1-6H/p+1. The van der Waals surface area contributed by atoms with Crippen LogP contribution in [0.2, 0.25) is 0 Å². The fraction of sp³-hybridized carbons (Fsp3) is 0. The quantitative estimate of drug-likeness (QED) is 0.619. The minimum absolute atomic E-state index is 0.197. The lowest BCUT2D eigenvalue weighted by Crippen LogP contribution is -1.73. The molecule has 0 fully saturated rings. The molecule has 2 aromatic rings. The molecular formula is C10H7N2O+. The normalized spacial score (nSPS) is 9.77. The van der Waals surface area contributed by atoms with Gasteiger partial charge in [-0.25, -0.2) is 0 Å². The molecule has 1 N–H and O–H groups in total. The molecule has 0 spiro atoms. The maximum absolute atomic E-state index is 9.47. The third-order valence-corrected chi connectivity index (χ3v) is 1.99. The van der Waals surface area contributed by atoms with Crippen molar-refractivity contribution < 1.29 is 5.11 Å². The summed E-state index contributed by atoms with van der Waals surface area (Å²) < 4.78 is 0. The monoisotopic (exact) mass is 171 g/mol. The molecule has 2 aromatic carbocycles. The lowest BCUT2D eigenvalue weighted by atomic mass is 10.1. The van der Waals surface area contributed by atoms with Gasteiger partial charge in [0.2, 0.25) is 5.39 Å². The number of diazo groups is 1. The van der Waals surface area contributed by atoms with Gasteiger partial charge in [-0.3, -0.25) is 0 Å². The third-order valence-electron chi connectivity index (χ3n) is 1.99. The van der Waals surface area contributed by atoms with Crippen molar-refractivity contribution in [1.29, 1.82) is 5.39 Å². The molecule has 62 valence electrons. The molecule has 0 aliphatic rings. The Morgan fingerprint density at radius 1 is 1.00 bits per heavy atom. The number of hydrogen-bond acceptors (Lipinski definition) is 2. The number of benzene rings is 2. The van der Waals surface area contributed by atoms with Crippen molar-refractivity contribution in [1.82, 2.24) is 0 Å². The highest BCUT2D eigenvalue weighted by Crippen LogP contribution is 2.31. The van der Waals surface area contributed by atoms with Gasteiger partial charge in [0.1, 0.15) is 5.75 Å². The Morgan fingerprint density at radius 2 is 1.69 bits per heavy atom. The number of rotatable bonds is 0. The van der Waals surface area contributed by atoms with Crippen LogP contribution in [-0.4, -0.2) is 5.11 Å². The van der Waals surface area contributed by atoms with Gasteiger partial charge in [-0.05, 0) is 12.1 Å². The van der Waals surface area contributed by atoms with Crippen molar-refractivity contribution in [3.63, 3.8) is 0 Å². The maximum atomic E-state index is 9.47. The van der Waals surface area contributed by atoms with E-state index in [1.165, 1.54) is 6.07 Å². The Hall–Kier alpha value is -2.08. The van der Waals surface area contributed by atoms with Crippen molar-refractivity contribution in [3.05, 3.63) is 41.4 Å². The number of fused-ring (bicyclic) bond motifs is 1. The smallest absolute Gasteiger partial charge is 0.393 e. The van der Waals surface area contributed by atoms with Crippen LogP contribution in [0.1, 0.15) is 0 Å². The molecule has 0 aliphatic carbocycles. The molecule has 0 atom stereocenters. The number of phenols is 1. The van der Waals surface area contributed by atoms with Crippen LogP contribution in [-0.2, 0) is 0 Å². The summed E-state index contributed by atoms with van der Waals surface area (Å²) in [6.45, 7) is 0. The van der Waals surface area contributed by atoms with E-state index in [4.69, 9.17) is 5.39 Å². The van der Waals surface area contributed by atoms with E-state index in [9.17, 15) is 5.11 Å². The van der Waals surface area contributed by atoms with Crippen molar-refractivity contribution >= 4 is 16.5 Å². The van der Waals surface area contributed by atoms with E-state index in [0.29, 0.717) is 11.1 Å². The molecule has 0 saturated carbocycles. The number of aromatic hydroxyl groups is 1. The molecule has 0 unspecified atom stereocenters. The van der Waals surface area contributed by atoms with Crippen LogP contribution >= 0.6 is 0 Å². The molecule has 2 rings (SSSR count). The van der Waals surface area contributed by atoms with Gasteiger partial charge in [-0.1, -0.05) is 18.2 Å². The number of nitrogens with zero attached hydrogens (tertiary/aromatic N) is 2. The topological polar surface area (TPSA) is 48.4 Å². The lowest BCUT2D eigenvalue weighted by molar-refractivity contribution is 0.482. The minimum atomic E-state index is 0.197. The van der Waals surface area contributed by atoms with Crippen molar-refractivity contribution in [2.75, 3.05) is 0 Å². The average Bonchev–Trinajstić information content (AvgIpc) is 2.19. The molecule has 0 amide bonds. The number of phenolic OH excluding ortho intramolecular Hbond substituents is 1. The van der Waals surface area contributed by atoms with Gasteiger partial charge in [0.05, 0.1) is 5.39 Å². The Morgan fingerprint density at radius 3 is 2.38 bits per heavy atom. The second-order valence-corrected chi connectivity index (χ2v) is 2.75. The Bertz CT molecular complexity index is 500. The second-order valence-electron chi connectivity index (χ2n) is 2.75. The first kappa shape index (κ1) is 7.56. The van der Waals surface area contributed by atoms with E-state index in [1.54, 1.807) is 18.2 Å². The van der Waals surface area contributed by atoms with Gasteiger partial charge >= 0.3 is 5.69 Å². The Labute approximate surface area is 74.9 Å². The largest absolute Gasteiger partial charge is 0.507 e. The first-order valence-corrected chi connectivity index (χ1v) is 3.89.